The van der Waals surface area contributed by atoms with Crippen LogP contribution in [0.3, 0.4) is 0 Å². The number of nitrogens with zero attached hydrogens (tertiary/aromatic N) is 1. The Morgan fingerprint density at radius 2 is 2.29 bits per heavy atom. The summed E-state index contributed by atoms with van der Waals surface area (Å²) in [4.78, 5) is 12.9. The molecule has 1 aromatic heterocycles. The zero-order valence-electron chi connectivity index (χ0n) is 11.9. The molecule has 2 heterocycles. The molecule has 0 aliphatic carbocycles. The summed E-state index contributed by atoms with van der Waals surface area (Å²) in [5, 5.41) is 11.3. The van der Waals surface area contributed by atoms with Crippen LogP contribution in [0, 0.1) is 12.8 Å². The van der Waals surface area contributed by atoms with E-state index in [1.807, 2.05) is 6.92 Å². The monoisotopic (exact) mass is 332 g/mol. The van der Waals surface area contributed by atoms with E-state index in [9.17, 15) is 13.2 Å². The highest BCUT2D eigenvalue weighted by Crippen LogP contribution is 2.28. The van der Waals surface area contributed by atoms with Crippen molar-refractivity contribution in [1.82, 2.24) is 9.62 Å². The lowest BCUT2D eigenvalue weighted by molar-refractivity contribution is -0.126. The lowest BCUT2D eigenvalue weighted by atomic mass is 9.99. The number of hydrogen-bond acceptors (Lipinski definition) is 5. The van der Waals surface area contributed by atoms with Crippen molar-refractivity contribution in [3.8, 4) is 0 Å². The van der Waals surface area contributed by atoms with E-state index in [0.717, 1.165) is 4.88 Å². The molecule has 1 fully saturated rings. The average Bonchev–Trinajstić information content (AvgIpc) is 2.92. The SMILES string of the molecule is Cc1ccc(S(=O)(=O)N2CCCC(C(=O)NCCO)C2)s1. The van der Waals surface area contributed by atoms with E-state index in [0.29, 0.717) is 23.6 Å². The maximum absolute atomic E-state index is 12.5. The Hall–Kier alpha value is -0.960. The smallest absolute Gasteiger partial charge is 0.252 e. The second-order valence-corrected chi connectivity index (χ2v) is 8.53. The maximum Gasteiger partial charge on any atom is 0.252 e. The number of thiophene rings is 1. The molecule has 6 nitrogen and oxygen atoms in total. The molecule has 8 heteroatoms. The van der Waals surface area contributed by atoms with Gasteiger partial charge in [-0.05, 0) is 31.9 Å². The third-order valence-corrected chi connectivity index (χ3v) is 6.81. The summed E-state index contributed by atoms with van der Waals surface area (Å²) < 4.78 is 26.8. The molecule has 2 rings (SSSR count). The molecule has 118 valence electrons. The summed E-state index contributed by atoms with van der Waals surface area (Å²) in [5.74, 6) is -0.535. The standard InChI is InChI=1S/C13H20N2O4S2/c1-10-4-5-12(20-10)21(18,19)15-7-2-3-11(9-15)13(17)14-6-8-16/h4-5,11,16H,2-3,6-9H2,1H3,(H,14,17). The van der Waals surface area contributed by atoms with Gasteiger partial charge in [0.15, 0.2) is 0 Å². The molecule has 1 amide bonds. The minimum atomic E-state index is -3.51. The van der Waals surface area contributed by atoms with Crippen molar-refractivity contribution in [2.45, 2.75) is 24.0 Å². The van der Waals surface area contributed by atoms with Gasteiger partial charge in [0.25, 0.3) is 10.0 Å². The average molecular weight is 332 g/mol. The van der Waals surface area contributed by atoms with Crippen molar-refractivity contribution < 1.29 is 18.3 Å². The Labute approximate surface area is 128 Å². The first-order valence-corrected chi connectivity index (χ1v) is 9.16. The van der Waals surface area contributed by atoms with Gasteiger partial charge in [-0.1, -0.05) is 0 Å². The summed E-state index contributed by atoms with van der Waals surface area (Å²) in [6.45, 7) is 2.60. The fourth-order valence-electron chi connectivity index (χ4n) is 2.38. The summed E-state index contributed by atoms with van der Waals surface area (Å²) in [5.41, 5.74) is 0. The van der Waals surface area contributed by atoms with E-state index in [4.69, 9.17) is 5.11 Å². The molecule has 1 aliphatic rings. The first-order valence-electron chi connectivity index (χ1n) is 6.90. The second-order valence-electron chi connectivity index (χ2n) is 5.08. The van der Waals surface area contributed by atoms with Crippen LogP contribution in [-0.2, 0) is 14.8 Å². The number of carbonyl (C=O) groups is 1. The van der Waals surface area contributed by atoms with Crippen LogP contribution in [0.15, 0.2) is 16.3 Å². The summed E-state index contributed by atoms with van der Waals surface area (Å²) in [6.07, 6.45) is 1.34. The number of piperidine rings is 1. The largest absolute Gasteiger partial charge is 0.395 e. The molecule has 21 heavy (non-hydrogen) atoms. The number of rotatable bonds is 5. The van der Waals surface area contributed by atoms with Crippen LogP contribution in [-0.4, -0.2) is 50.0 Å². The molecule has 2 N–H and O–H groups in total. The van der Waals surface area contributed by atoms with Crippen LogP contribution in [0.1, 0.15) is 17.7 Å². The molecule has 0 radical (unpaired) electrons. The van der Waals surface area contributed by atoms with Gasteiger partial charge in [-0.2, -0.15) is 4.31 Å². The summed E-state index contributed by atoms with van der Waals surface area (Å²) >= 11 is 1.25. The highest BCUT2D eigenvalue weighted by molar-refractivity contribution is 7.91. The number of aliphatic hydroxyl groups is 1. The van der Waals surface area contributed by atoms with E-state index in [-0.39, 0.29) is 31.5 Å². The Bertz CT molecular complexity index is 597. The molecule has 1 atom stereocenters. The molecule has 1 aliphatic heterocycles. The lowest BCUT2D eigenvalue weighted by Crippen LogP contribution is -2.45. The van der Waals surface area contributed by atoms with E-state index < -0.39 is 10.0 Å². The second kappa shape index (κ2) is 6.87. The molecule has 1 aromatic rings. The van der Waals surface area contributed by atoms with Gasteiger partial charge in [-0.15, -0.1) is 11.3 Å². The molecule has 0 saturated carbocycles. The minimum Gasteiger partial charge on any atom is -0.395 e. The minimum absolute atomic E-state index is 0.116. The molecular formula is C13H20N2O4S2. The van der Waals surface area contributed by atoms with Crippen LogP contribution in [0.4, 0.5) is 0 Å². The molecule has 1 unspecified atom stereocenters. The van der Waals surface area contributed by atoms with E-state index in [2.05, 4.69) is 5.32 Å². The van der Waals surface area contributed by atoms with Crippen molar-refractivity contribution in [2.24, 2.45) is 5.92 Å². The summed E-state index contributed by atoms with van der Waals surface area (Å²) in [6, 6.07) is 3.40. The fraction of sp³-hybridized carbons (Fsp3) is 0.615. The van der Waals surface area contributed by atoms with Crippen LogP contribution in [0.5, 0.6) is 0 Å². The van der Waals surface area contributed by atoms with Crippen LogP contribution < -0.4 is 5.32 Å². The Morgan fingerprint density at radius 3 is 2.90 bits per heavy atom. The van der Waals surface area contributed by atoms with Gasteiger partial charge < -0.3 is 10.4 Å². The predicted molar refractivity (Wildman–Crippen MR) is 80.6 cm³/mol. The van der Waals surface area contributed by atoms with Gasteiger partial charge in [0, 0.05) is 24.5 Å². The number of nitrogens with one attached hydrogen (secondary N) is 1. The predicted octanol–water partition coefficient (Wildman–Crippen LogP) is 0.566. The van der Waals surface area contributed by atoms with Gasteiger partial charge in [0.1, 0.15) is 4.21 Å². The molecule has 1 saturated heterocycles. The van der Waals surface area contributed by atoms with E-state index in [1.165, 1.54) is 15.6 Å². The van der Waals surface area contributed by atoms with E-state index >= 15 is 0 Å². The van der Waals surface area contributed by atoms with Gasteiger partial charge in [0.05, 0.1) is 12.5 Å². The third-order valence-electron chi connectivity index (χ3n) is 3.48. The quantitative estimate of drug-likeness (QED) is 0.825. The highest BCUT2D eigenvalue weighted by atomic mass is 32.2. The topological polar surface area (TPSA) is 86.7 Å². The van der Waals surface area contributed by atoms with Crippen molar-refractivity contribution >= 4 is 27.3 Å². The Kier molecular flexibility index (Phi) is 5.37. The number of sulfonamides is 1. The molecular weight excluding hydrogens is 312 g/mol. The fourth-order valence-corrected chi connectivity index (χ4v) is 5.34. The van der Waals surface area contributed by atoms with Gasteiger partial charge in [-0.25, -0.2) is 8.42 Å². The van der Waals surface area contributed by atoms with Crippen LogP contribution >= 0.6 is 11.3 Å². The van der Waals surface area contributed by atoms with Crippen LogP contribution in [0.2, 0.25) is 0 Å². The van der Waals surface area contributed by atoms with Crippen LogP contribution in [0.25, 0.3) is 0 Å². The van der Waals surface area contributed by atoms with Crippen molar-refractivity contribution in [3.63, 3.8) is 0 Å². The number of hydrogen-bond donors (Lipinski definition) is 2. The van der Waals surface area contributed by atoms with Gasteiger partial charge in [-0.3, -0.25) is 4.79 Å². The normalized spacial score (nSPS) is 20.4. The molecule has 0 spiro atoms. The Morgan fingerprint density at radius 1 is 1.52 bits per heavy atom. The number of aliphatic hydroxyl groups excluding tert-OH is 1. The summed E-state index contributed by atoms with van der Waals surface area (Å²) in [7, 11) is -3.51. The van der Waals surface area contributed by atoms with Crippen molar-refractivity contribution in [2.75, 3.05) is 26.2 Å². The molecule has 0 bridgehead atoms. The lowest BCUT2D eigenvalue weighted by Gasteiger charge is -2.30. The first kappa shape index (κ1) is 16.4. The van der Waals surface area contributed by atoms with Crippen molar-refractivity contribution in [3.05, 3.63) is 17.0 Å². The van der Waals surface area contributed by atoms with Gasteiger partial charge in [0.2, 0.25) is 5.91 Å². The van der Waals surface area contributed by atoms with Crippen molar-refractivity contribution in [1.29, 1.82) is 0 Å². The highest BCUT2D eigenvalue weighted by Gasteiger charge is 2.33. The zero-order chi connectivity index (χ0) is 15.5. The number of aryl methyl sites for hydroxylation is 1. The first-order chi connectivity index (χ1) is 9.95. The van der Waals surface area contributed by atoms with E-state index in [1.54, 1.807) is 12.1 Å². The zero-order valence-corrected chi connectivity index (χ0v) is 13.5. The number of amides is 1. The van der Waals surface area contributed by atoms with Gasteiger partial charge >= 0.3 is 0 Å². The maximum atomic E-state index is 12.5. The molecule has 0 aromatic carbocycles. The third kappa shape index (κ3) is 3.82. The Balaban J connectivity index is 2.08. The number of carbonyl (C=O) groups excluding carboxylic acids is 1.